The predicted octanol–water partition coefficient (Wildman–Crippen LogP) is 3.91. The highest BCUT2D eigenvalue weighted by molar-refractivity contribution is 6.31. The summed E-state index contributed by atoms with van der Waals surface area (Å²) in [5, 5.41) is 6.84. The molecule has 0 fully saturated rings. The van der Waals surface area contributed by atoms with Gasteiger partial charge in [0.1, 0.15) is 23.7 Å². The molecule has 7 nitrogen and oxygen atoms in total. The van der Waals surface area contributed by atoms with Gasteiger partial charge >= 0.3 is 0 Å². The van der Waals surface area contributed by atoms with E-state index in [2.05, 4.69) is 15.4 Å². The molecule has 0 bridgehead atoms. The van der Waals surface area contributed by atoms with Crippen molar-refractivity contribution in [3.63, 3.8) is 0 Å². The van der Waals surface area contributed by atoms with Gasteiger partial charge in [0, 0.05) is 16.7 Å². The average molecular weight is 443 g/mol. The van der Waals surface area contributed by atoms with Gasteiger partial charge in [0.05, 0.1) is 17.4 Å². The number of halogens is 3. The van der Waals surface area contributed by atoms with E-state index in [-0.39, 0.29) is 21.9 Å². The number of benzene rings is 2. The molecule has 2 aromatic heterocycles. The number of amides is 1. The molecule has 156 valence electrons. The Morgan fingerprint density at radius 2 is 1.84 bits per heavy atom. The van der Waals surface area contributed by atoms with Crippen molar-refractivity contribution in [2.24, 2.45) is 0 Å². The van der Waals surface area contributed by atoms with E-state index in [1.54, 1.807) is 18.3 Å². The number of carbonyl (C=O) groups excluding carboxylic acids is 2. The van der Waals surface area contributed by atoms with Crippen LogP contribution in [-0.2, 0) is 4.79 Å². The van der Waals surface area contributed by atoms with Gasteiger partial charge in [-0.2, -0.15) is 5.10 Å². The van der Waals surface area contributed by atoms with E-state index in [0.717, 1.165) is 12.1 Å². The molecular formula is C21H13ClF2N4O3. The fourth-order valence-electron chi connectivity index (χ4n) is 2.88. The van der Waals surface area contributed by atoms with E-state index in [1.165, 1.54) is 29.0 Å². The summed E-state index contributed by atoms with van der Waals surface area (Å²) in [7, 11) is 0. The number of nitrogens with one attached hydrogen (secondary N) is 1. The molecule has 4 rings (SSSR count). The minimum atomic E-state index is -0.892. The second kappa shape index (κ2) is 8.49. The Labute approximate surface area is 179 Å². The first-order chi connectivity index (χ1) is 14.9. The number of nitrogens with zero attached hydrogens (tertiary/aromatic N) is 3. The summed E-state index contributed by atoms with van der Waals surface area (Å²) < 4.78 is 34.0. The van der Waals surface area contributed by atoms with Crippen LogP contribution in [0, 0.1) is 11.6 Å². The molecule has 0 aliphatic carbocycles. The van der Waals surface area contributed by atoms with Gasteiger partial charge in [0.2, 0.25) is 0 Å². The van der Waals surface area contributed by atoms with Crippen molar-refractivity contribution in [3.8, 4) is 5.75 Å². The highest BCUT2D eigenvalue weighted by Gasteiger charge is 2.18. The van der Waals surface area contributed by atoms with Gasteiger partial charge in [0.25, 0.3) is 5.91 Å². The lowest BCUT2D eigenvalue weighted by atomic mass is 10.0. The summed E-state index contributed by atoms with van der Waals surface area (Å²) in [6, 6.07) is 9.98. The van der Waals surface area contributed by atoms with E-state index in [4.69, 9.17) is 16.3 Å². The monoisotopic (exact) mass is 442 g/mol. The SMILES string of the molecule is O=C(COc1ccc(Cl)cc1C(=O)c1cc(F)cc(F)c1)Nc1ccc2ncnn2c1. The van der Waals surface area contributed by atoms with Crippen LogP contribution in [0.3, 0.4) is 0 Å². The largest absolute Gasteiger partial charge is 0.483 e. The first kappa shape index (κ1) is 20.4. The van der Waals surface area contributed by atoms with Crippen molar-refractivity contribution < 1.29 is 23.1 Å². The zero-order valence-corrected chi connectivity index (χ0v) is 16.4. The van der Waals surface area contributed by atoms with Gasteiger partial charge in [-0.05, 0) is 42.5 Å². The van der Waals surface area contributed by atoms with Gasteiger partial charge < -0.3 is 10.1 Å². The fourth-order valence-corrected chi connectivity index (χ4v) is 3.05. The number of hydrogen-bond donors (Lipinski definition) is 1. The summed E-state index contributed by atoms with van der Waals surface area (Å²) in [5.74, 6) is -2.94. The summed E-state index contributed by atoms with van der Waals surface area (Å²) >= 11 is 5.97. The number of aromatic nitrogens is 3. The molecule has 0 unspecified atom stereocenters. The Hall–Kier alpha value is -3.85. The number of hydrogen-bond acceptors (Lipinski definition) is 5. The van der Waals surface area contributed by atoms with Crippen molar-refractivity contribution in [2.75, 3.05) is 11.9 Å². The van der Waals surface area contributed by atoms with Gasteiger partial charge in [-0.1, -0.05) is 11.6 Å². The molecule has 31 heavy (non-hydrogen) atoms. The Balaban J connectivity index is 1.50. The topological polar surface area (TPSA) is 85.6 Å². The highest BCUT2D eigenvalue weighted by atomic mass is 35.5. The van der Waals surface area contributed by atoms with Crippen LogP contribution in [0.4, 0.5) is 14.5 Å². The molecule has 1 amide bonds. The van der Waals surface area contributed by atoms with E-state index in [0.29, 0.717) is 17.4 Å². The van der Waals surface area contributed by atoms with Gasteiger partial charge in [-0.15, -0.1) is 0 Å². The molecule has 0 radical (unpaired) electrons. The second-order valence-electron chi connectivity index (χ2n) is 6.45. The van der Waals surface area contributed by atoms with Gasteiger partial charge in [-0.3, -0.25) is 9.59 Å². The molecule has 2 heterocycles. The molecule has 0 spiro atoms. The maximum Gasteiger partial charge on any atom is 0.262 e. The summed E-state index contributed by atoms with van der Waals surface area (Å²) in [5.41, 5.74) is 0.839. The molecule has 0 aliphatic rings. The maximum absolute atomic E-state index is 13.5. The van der Waals surface area contributed by atoms with E-state index < -0.39 is 29.9 Å². The van der Waals surface area contributed by atoms with Crippen LogP contribution >= 0.6 is 11.6 Å². The lowest BCUT2D eigenvalue weighted by Gasteiger charge is -2.12. The average Bonchev–Trinajstić information content (AvgIpc) is 3.19. The van der Waals surface area contributed by atoms with Crippen molar-refractivity contribution in [2.45, 2.75) is 0 Å². The minimum Gasteiger partial charge on any atom is -0.483 e. The lowest BCUT2D eigenvalue weighted by Crippen LogP contribution is -2.21. The predicted molar refractivity (Wildman–Crippen MR) is 108 cm³/mol. The Kier molecular flexibility index (Phi) is 5.59. The third-order valence-corrected chi connectivity index (χ3v) is 4.46. The molecule has 0 saturated carbocycles. The first-order valence-corrected chi connectivity index (χ1v) is 9.29. The van der Waals surface area contributed by atoms with Crippen molar-refractivity contribution in [1.82, 2.24) is 14.6 Å². The molecule has 10 heteroatoms. The maximum atomic E-state index is 13.5. The smallest absolute Gasteiger partial charge is 0.262 e. The molecule has 0 saturated heterocycles. The first-order valence-electron chi connectivity index (χ1n) is 8.91. The number of ether oxygens (including phenoxy) is 1. The van der Waals surface area contributed by atoms with Crippen molar-refractivity contribution in [3.05, 3.63) is 88.8 Å². The van der Waals surface area contributed by atoms with E-state index >= 15 is 0 Å². The van der Waals surface area contributed by atoms with Crippen LogP contribution in [0.1, 0.15) is 15.9 Å². The number of ketones is 1. The number of pyridine rings is 1. The number of anilines is 1. The van der Waals surface area contributed by atoms with E-state index in [9.17, 15) is 18.4 Å². The zero-order valence-electron chi connectivity index (χ0n) is 15.7. The normalized spacial score (nSPS) is 10.8. The van der Waals surface area contributed by atoms with Gasteiger partial charge in [0.15, 0.2) is 18.0 Å². The van der Waals surface area contributed by atoms with Crippen LogP contribution in [0.25, 0.3) is 5.65 Å². The fraction of sp³-hybridized carbons (Fsp3) is 0.0476. The Morgan fingerprint density at radius 3 is 2.61 bits per heavy atom. The van der Waals surface area contributed by atoms with Crippen LogP contribution in [0.15, 0.2) is 61.1 Å². The molecule has 2 aromatic carbocycles. The standard InChI is InChI=1S/C21H13ClF2N4O3/c22-13-1-3-18(17(7-13)21(30)12-5-14(23)8-15(24)6-12)31-10-20(29)27-16-2-4-19-25-11-26-28(19)9-16/h1-9,11H,10H2,(H,27,29). The van der Waals surface area contributed by atoms with Crippen molar-refractivity contribution in [1.29, 1.82) is 0 Å². The second-order valence-corrected chi connectivity index (χ2v) is 6.88. The molecule has 4 aromatic rings. The van der Waals surface area contributed by atoms with Crippen LogP contribution in [-0.4, -0.2) is 32.9 Å². The number of fused-ring (bicyclic) bond motifs is 1. The molecule has 0 atom stereocenters. The zero-order chi connectivity index (χ0) is 22.0. The molecule has 0 aliphatic heterocycles. The third kappa shape index (κ3) is 4.67. The summed E-state index contributed by atoms with van der Waals surface area (Å²) in [6.07, 6.45) is 2.96. The van der Waals surface area contributed by atoms with Crippen LogP contribution in [0.2, 0.25) is 5.02 Å². The Bertz CT molecular complexity index is 1290. The van der Waals surface area contributed by atoms with Crippen molar-refractivity contribution >= 4 is 34.6 Å². The minimum absolute atomic E-state index is 0.0330. The lowest BCUT2D eigenvalue weighted by molar-refractivity contribution is -0.118. The molecule has 1 N–H and O–H groups in total. The summed E-state index contributed by atoms with van der Waals surface area (Å²) in [4.78, 5) is 29.1. The molecular weight excluding hydrogens is 430 g/mol. The van der Waals surface area contributed by atoms with Gasteiger partial charge in [-0.25, -0.2) is 18.3 Å². The number of carbonyl (C=O) groups is 2. The number of rotatable bonds is 6. The summed E-state index contributed by atoms with van der Waals surface area (Å²) in [6.45, 7) is -0.422. The van der Waals surface area contributed by atoms with Crippen LogP contribution in [0.5, 0.6) is 5.75 Å². The van der Waals surface area contributed by atoms with E-state index in [1.807, 2.05) is 0 Å². The highest BCUT2D eigenvalue weighted by Crippen LogP contribution is 2.26. The third-order valence-electron chi connectivity index (χ3n) is 4.23. The van der Waals surface area contributed by atoms with Crippen LogP contribution < -0.4 is 10.1 Å². The quantitative estimate of drug-likeness (QED) is 0.458. The Morgan fingerprint density at radius 1 is 1.06 bits per heavy atom.